The number of esters is 2. The number of ether oxygens (including phenoxy) is 2. The Balaban J connectivity index is 3.59. The Labute approximate surface area is 406 Å². The van der Waals surface area contributed by atoms with Gasteiger partial charge >= 0.3 is 11.9 Å². The van der Waals surface area contributed by atoms with Gasteiger partial charge in [-0.2, -0.15) is 0 Å². The molecular formula is C61H98O5. The highest BCUT2D eigenvalue weighted by molar-refractivity contribution is 5.70. The van der Waals surface area contributed by atoms with Crippen molar-refractivity contribution in [2.75, 3.05) is 13.2 Å². The summed E-state index contributed by atoms with van der Waals surface area (Å²) in [6.07, 6.45) is 82.6. The normalized spacial score (nSPS) is 13.3. The van der Waals surface area contributed by atoms with E-state index in [1.165, 1.54) is 70.6 Å². The van der Waals surface area contributed by atoms with E-state index >= 15 is 0 Å². The van der Waals surface area contributed by atoms with Crippen LogP contribution in [0.2, 0.25) is 0 Å². The largest absolute Gasteiger partial charge is 0.462 e. The standard InChI is InChI=1S/C61H98O5/c1-3-5-7-9-11-13-15-17-19-21-23-25-26-27-28-29-30-31-32-33-34-36-38-40-42-44-46-48-50-52-54-56-61(64)66-59(57-62)58-65-60(63)55-53-51-49-47-45-43-41-39-37-35-24-22-20-18-16-14-12-10-8-6-4-2/h5-8,11-14,17-20,23-25,27-28,30-31,33-35,59,62H,3-4,9-10,15-16,21-22,26,29,32,36-58H2,1-2H3/b7-5-,8-6-,13-11-,14-12-,19-17-,20-18-,25-23-,28-27-,31-30-,34-33-,35-24-. The lowest BCUT2D eigenvalue weighted by atomic mass is 10.1. The molecule has 0 amide bonds. The fourth-order valence-electron chi connectivity index (χ4n) is 7.00. The molecule has 1 N–H and O–H groups in total. The van der Waals surface area contributed by atoms with Crippen molar-refractivity contribution in [1.29, 1.82) is 0 Å². The van der Waals surface area contributed by atoms with Crippen LogP contribution in [-0.4, -0.2) is 36.4 Å². The van der Waals surface area contributed by atoms with Gasteiger partial charge in [-0.15, -0.1) is 0 Å². The smallest absolute Gasteiger partial charge is 0.306 e. The molecule has 0 saturated heterocycles. The van der Waals surface area contributed by atoms with Gasteiger partial charge in [0.05, 0.1) is 6.61 Å². The minimum absolute atomic E-state index is 0.0808. The molecule has 0 spiro atoms. The van der Waals surface area contributed by atoms with E-state index in [-0.39, 0.29) is 25.2 Å². The highest BCUT2D eigenvalue weighted by Gasteiger charge is 2.16. The van der Waals surface area contributed by atoms with Gasteiger partial charge in [-0.1, -0.05) is 231 Å². The van der Waals surface area contributed by atoms with Crippen molar-refractivity contribution in [3.63, 3.8) is 0 Å². The molecule has 0 aliphatic heterocycles. The Bertz CT molecular complexity index is 1400. The zero-order valence-corrected chi connectivity index (χ0v) is 42.4. The van der Waals surface area contributed by atoms with Gasteiger partial charge in [0.15, 0.2) is 6.10 Å². The van der Waals surface area contributed by atoms with Gasteiger partial charge < -0.3 is 14.6 Å². The van der Waals surface area contributed by atoms with Crippen molar-refractivity contribution in [1.82, 2.24) is 0 Å². The van der Waals surface area contributed by atoms with Crippen LogP contribution < -0.4 is 0 Å². The van der Waals surface area contributed by atoms with Gasteiger partial charge in [0, 0.05) is 12.8 Å². The lowest BCUT2D eigenvalue weighted by molar-refractivity contribution is -0.161. The first-order valence-electron chi connectivity index (χ1n) is 26.7. The van der Waals surface area contributed by atoms with Crippen LogP contribution in [0.5, 0.6) is 0 Å². The predicted molar refractivity (Wildman–Crippen MR) is 288 cm³/mol. The lowest BCUT2D eigenvalue weighted by Gasteiger charge is -2.15. The molecule has 5 nitrogen and oxygen atoms in total. The first-order chi connectivity index (χ1) is 32.6. The van der Waals surface area contributed by atoms with Gasteiger partial charge in [-0.05, 0) is 109 Å². The maximum absolute atomic E-state index is 12.3. The summed E-state index contributed by atoms with van der Waals surface area (Å²) in [4.78, 5) is 24.5. The molecule has 0 fully saturated rings. The first-order valence-corrected chi connectivity index (χ1v) is 26.7. The molecule has 0 bridgehead atoms. The molecule has 0 aromatic carbocycles. The Kier molecular flexibility index (Phi) is 52.0. The second-order valence-corrected chi connectivity index (χ2v) is 17.2. The third-order valence-corrected chi connectivity index (χ3v) is 10.9. The molecule has 0 aliphatic rings. The molecule has 0 rings (SSSR count). The van der Waals surface area contributed by atoms with E-state index in [1.54, 1.807) is 0 Å². The highest BCUT2D eigenvalue weighted by atomic mass is 16.6. The Morgan fingerprint density at radius 2 is 0.606 bits per heavy atom. The second-order valence-electron chi connectivity index (χ2n) is 17.2. The Morgan fingerprint density at radius 3 is 0.909 bits per heavy atom. The third kappa shape index (κ3) is 52.7. The lowest BCUT2D eigenvalue weighted by Crippen LogP contribution is -2.28. The van der Waals surface area contributed by atoms with Gasteiger partial charge in [0.2, 0.25) is 0 Å². The van der Waals surface area contributed by atoms with Crippen molar-refractivity contribution < 1.29 is 24.2 Å². The average molecular weight is 911 g/mol. The topological polar surface area (TPSA) is 72.8 Å². The molecule has 0 aliphatic carbocycles. The van der Waals surface area contributed by atoms with Crippen molar-refractivity contribution >= 4 is 11.9 Å². The molecule has 0 radical (unpaired) electrons. The molecule has 0 aromatic rings. The number of allylic oxidation sites excluding steroid dienone is 22. The number of aliphatic hydroxyl groups is 1. The fraction of sp³-hybridized carbons (Fsp3) is 0.607. The maximum Gasteiger partial charge on any atom is 0.306 e. The van der Waals surface area contributed by atoms with Crippen molar-refractivity contribution in [2.24, 2.45) is 0 Å². The van der Waals surface area contributed by atoms with Crippen LogP contribution in [-0.2, 0) is 19.1 Å². The van der Waals surface area contributed by atoms with Gasteiger partial charge in [-0.3, -0.25) is 9.59 Å². The number of unbranched alkanes of at least 4 members (excludes halogenated alkanes) is 17. The third-order valence-electron chi connectivity index (χ3n) is 10.9. The van der Waals surface area contributed by atoms with Crippen LogP contribution in [0.15, 0.2) is 134 Å². The molecule has 1 atom stereocenters. The summed E-state index contributed by atoms with van der Waals surface area (Å²) in [5.41, 5.74) is 0. The van der Waals surface area contributed by atoms with E-state index < -0.39 is 6.10 Å². The molecule has 66 heavy (non-hydrogen) atoms. The summed E-state index contributed by atoms with van der Waals surface area (Å²) in [6, 6.07) is 0. The molecule has 0 saturated carbocycles. The Morgan fingerprint density at radius 1 is 0.348 bits per heavy atom. The highest BCUT2D eigenvalue weighted by Crippen LogP contribution is 2.14. The predicted octanol–water partition coefficient (Wildman–Crippen LogP) is 18.1. The van der Waals surface area contributed by atoms with E-state index in [0.29, 0.717) is 12.8 Å². The van der Waals surface area contributed by atoms with Crippen LogP contribution >= 0.6 is 0 Å². The molecule has 1 unspecified atom stereocenters. The molecule has 372 valence electrons. The molecule has 0 heterocycles. The zero-order valence-electron chi connectivity index (χ0n) is 42.4. The van der Waals surface area contributed by atoms with E-state index in [1.807, 2.05) is 0 Å². The Hall–Kier alpha value is -3.96. The average Bonchev–Trinajstić information content (AvgIpc) is 3.32. The number of hydrogen-bond acceptors (Lipinski definition) is 5. The van der Waals surface area contributed by atoms with Crippen molar-refractivity contribution in [3.05, 3.63) is 134 Å². The van der Waals surface area contributed by atoms with Crippen LogP contribution in [0.25, 0.3) is 0 Å². The van der Waals surface area contributed by atoms with Crippen LogP contribution in [0, 0.1) is 0 Å². The summed E-state index contributed by atoms with van der Waals surface area (Å²) in [7, 11) is 0. The molecule has 0 aromatic heterocycles. The number of carbonyl (C=O) groups excluding carboxylic acids is 2. The van der Waals surface area contributed by atoms with Crippen LogP contribution in [0.1, 0.15) is 219 Å². The summed E-state index contributed by atoms with van der Waals surface area (Å²) in [5.74, 6) is -0.615. The maximum atomic E-state index is 12.3. The SMILES string of the molecule is CC/C=C\C/C=C\C/C=C\C/C=C\C/C=C\C/C=C\C/C=C\CCCCCCCCCCCC(=O)OC(CO)COC(=O)CCCCCCCCCC/C=C\C/C=C\C/C=C\C/C=C\CC. The minimum atomic E-state index is -0.789. The monoisotopic (exact) mass is 911 g/mol. The van der Waals surface area contributed by atoms with E-state index in [9.17, 15) is 14.7 Å². The van der Waals surface area contributed by atoms with Crippen molar-refractivity contribution in [2.45, 2.75) is 225 Å². The first kappa shape index (κ1) is 62.0. The number of carbonyl (C=O) groups is 2. The van der Waals surface area contributed by atoms with Gasteiger partial charge in [-0.25, -0.2) is 0 Å². The molecular weight excluding hydrogens is 813 g/mol. The van der Waals surface area contributed by atoms with Crippen LogP contribution in [0.3, 0.4) is 0 Å². The fourth-order valence-corrected chi connectivity index (χ4v) is 7.00. The number of aliphatic hydroxyl groups excluding tert-OH is 1. The summed E-state index contributed by atoms with van der Waals surface area (Å²) < 4.78 is 10.7. The zero-order chi connectivity index (χ0) is 47.7. The van der Waals surface area contributed by atoms with Crippen molar-refractivity contribution in [3.8, 4) is 0 Å². The molecule has 5 heteroatoms. The van der Waals surface area contributed by atoms with Gasteiger partial charge in [0.25, 0.3) is 0 Å². The minimum Gasteiger partial charge on any atom is -0.462 e. The van der Waals surface area contributed by atoms with E-state index in [2.05, 4.69) is 148 Å². The van der Waals surface area contributed by atoms with Gasteiger partial charge in [0.1, 0.15) is 6.61 Å². The quantitative estimate of drug-likeness (QED) is 0.0374. The summed E-state index contributed by atoms with van der Waals surface area (Å²) in [6.45, 7) is 3.90. The summed E-state index contributed by atoms with van der Waals surface area (Å²) >= 11 is 0. The second kappa shape index (κ2) is 55.4. The number of hydrogen-bond donors (Lipinski definition) is 1. The van der Waals surface area contributed by atoms with Crippen LogP contribution in [0.4, 0.5) is 0 Å². The number of rotatable bonds is 47. The van der Waals surface area contributed by atoms with E-state index in [4.69, 9.17) is 9.47 Å². The van der Waals surface area contributed by atoms with E-state index in [0.717, 1.165) is 122 Å². The summed E-state index contributed by atoms with van der Waals surface area (Å²) in [5, 5.41) is 9.64.